The van der Waals surface area contributed by atoms with Crippen LogP contribution in [0.25, 0.3) is 0 Å². The highest BCUT2D eigenvalue weighted by Crippen LogP contribution is 2.49. The summed E-state index contributed by atoms with van der Waals surface area (Å²) < 4.78 is 5.54. The molecule has 4 heteroatoms. The van der Waals surface area contributed by atoms with Crippen LogP contribution in [0, 0.1) is 0 Å². The van der Waals surface area contributed by atoms with Gasteiger partial charge in [0.25, 0.3) is 0 Å². The summed E-state index contributed by atoms with van der Waals surface area (Å²) >= 11 is 0. The molecule has 1 aliphatic carbocycles. The minimum atomic E-state index is -0.391. The molecule has 17 heavy (non-hydrogen) atoms. The minimum Gasteiger partial charge on any atom is -0.444 e. The first kappa shape index (κ1) is 11.3. The molecule has 0 aromatic rings. The van der Waals surface area contributed by atoms with Crippen LogP contribution in [0.1, 0.15) is 46.5 Å². The normalized spacial score (nSPS) is 33.9. The van der Waals surface area contributed by atoms with Gasteiger partial charge >= 0.3 is 6.09 Å². The Morgan fingerprint density at radius 2 is 2.06 bits per heavy atom. The van der Waals surface area contributed by atoms with Crippen molar-refractivity contribution >= 4 is 6.09 Å². The Morgan fingerprint density at radius 3 is 2.65 bits per heavy atom. The summed E-state index contributed by atoms with van der Waals surface area (Å²) in [4.78, 5) is 14.3. The summed E-state index contributed by atoms with van der Waals surface area (Å²) in [5.74, 6) is 0. The Hall–Kier alpha value is -0.770. The predicted molar refractivity (Wildman–Crippen MR) is 64.9 cm³/mol. The van der Waals surface area contributed by atoms with Crippen molar-refractivity contribution < 1.29 is 9.53 Å². The Kier molecular flexibility index (Phi) is 2.25. The first-order valence-electron chi connectivity index (χ1n) is 6.68. The number of hydrogen-bond acceptors (Lipinski definition) is 3. The van der Waals surface area contributed by atoms with Crippen LogP contribution in [0.15, 0.2) is 0 Å². The predicted octanol–water partition coefficient (Wildman–Crippen LogP) is 1.89. The van der Waals surface area contributed by atoms with Crippen molar-refractivity contribution in [2.45, 2.75) is 69.7 Å². The molecule has 1 spiro atoms. The topological polar surface area (TPSA) is 41.6 Å². The summed E-state index contributed by atoms with van der Waals surface area (Å²) in [6, 6.07) is 0.720. The van der Waals surface area contributed by atoms with Gasteiger partial charge in [-0.2, -0.15) is 0 Å². The molecule has 3 aliphatic rings. The van der Waals surface area contributed by atoms with Crippen LogP contribution in [0.4, 0.5) is 4.79 Å². The quantitative estimate of drug-likeness (QED) is 0.700. The van der Waals surface area contributed by atoms with Gasteiger partial charge in [0, 0.05) is 18.1 Å². The van der Waals surface area contributed by atoms with Gasteiger partial charge in [-0.25, -0.2) is 4.79 Å². The molecule has 0 aromatic carbocycles. The Balaban J connectivity index is 1.77. The number of nitrogens with zero attached hydrogens (tertiary/aromatic N) is 1. The lowest BCUT2D eigenvalue weighted by Gasteiger charge is -2.41. The van der Waals surface area contributed by atoms with Crippen molar-refractivity contribution in [1.29, 1.82) is 0 Å². The number of ether oxygens (including phenoxy) is 1. The molecule has 4 nitrogen and oxygen atoms in total. The van der Waals surface area contributed by atoms with E-state index in [-0.39, 0.29) is 11.6 Å². The van der Waals surface area contributed by atoms with Gasteiger partial charge in [0.1, 0.15) is 5.60 Å². The molecule has 1 saturated carbocycles. The molecule has 2 heterocycles. The molecular weight excluding hydrogens is 216 g/mol. The number of amides is 1. The van der Waals surface area contributed by atoms with Crippen LogP contribution < -0.4 is 5.32 Å². The van der Waals surface area contributed by atoms with E-state index in [1.54, 1.807) is 0 Å². The van der Waals surface area contributed by atoms with E-state index in [2.05, 4.69) is 5.32 Å². The number of piperazine rings is 1. The van der Waals surface area contributed by atoms with Crippen molar-refractivity contribution in [3.63, 3.8) is 0 Å². The molecule has 2 aliphatic heterocycles. The molecule has 3 fully saturated rings. The molecule has 0 radical (unpaired) electrons. The fraction of sp³-hybridized carbons (Fsp3) is 0.923. The van der Waals surface area contributed by atoms with Crippen LogP contribution in [0.5, 0.6) is 0 Å². The van der Waals surface area contributed by atoms with Crippen LogP contribution in [-0.4, -0.2) is 40.8 Å². The smallest absolute Gasteiger partial charge is 0.410 e. The Morgan fingerprint density at radius 1 is 1.35 bits per heavy atom. The van der Waals surface area contributed by atoms with Gasteiger partial charge in [-0.15, -0.1) is 0 Å². The fourth-order valence-corrected chi connectivity index (χ4v) is 3.30. The number of carbonyl (C=O) groups is 1. The van der Waals surface area contributed by atoms with Gasteiger partial charge < -0.3 is 10.1 Å². The van der Waals surface area contributed by atoms with E-state index in [0.717, 1.165) is 19.4 Å². The van der Waals surface area contributed by atoms with E-state index in [1.807, 2.05) is 25.7 Å². The van der Waals surface area contributed by atoms with Gasteiger partial charge in [0.2, 0.25) is 0 Å². The summed E-state index contributed by atoms with van der Waals surface area (Å²) in [5.41, 5.74) is -0.151. The van der Waals surface area contributed by atoms with E-state index in [1.165, 1.54) is 12.8 Å². The SMILES string of the molecule is CC(C)(C)OC(=O)N1[C@@H]2CC[C@H]1C1(CC1)NC2. The van der Waals surface area contributed by atoms with E-state index in [9.17, 15) is 4.79 Å². The summed E-state index contributed by atoms with van der Waals surface area (Å²) in [7, 11) is 0. The van der Waals surface area contributed by atoms with Gasteiger partial charge in [-0.1, -0.05) is 0 Å². The maximum Gasteiger partial charge on any atom is 0.410 e. The molecule has 1 amide bonds. The first-order valence-corrected chi connectivity index (χ1v) is 6.68. The average Bonchev–Trinajstić information content (AvgIpc) is 2.89. The van der Waals surface area contributed by atoms with Crippen molar-refractivity contribution in [2.75, 3.05) is 6.54 Å². The monoisotopic (exact) mass is 238 g/mol. The third kappa shape index (κ3) is 1.82. The zero-order valence-electron chi connectivity index (χ0n) is 11.0. The highest BCUT2D eigenvalue weighted by atomic mass is 16.6. The molecule has 3 rings (SSSR count). The first-order chi connectivity index (χ1) is 7.91. The average molecular weight is 238 g/mol. The van der Waals surface area contributed by atoms with E-state index in [4.69, 9.17) is 4.74 Å². The lowest BCUT2D eigenvalue weighted by molar-refractivity contribution is 0.00204. The highest BCUT2D eigenvalue weighted by Gasteiger charge is 2.59. The zero-order valence-corrected chi connectivity index (χ0v) is 11.0. The molecule has 2 atom stereocenters. The number of rotatable bonds is 0. The second-order valence-corrected chi connectivity index (χ2v) is 6.67. The zero-order chi connectivity index (χ0) is 12.3. The van der Waals surface area contributed by atoms with E-state index >= 15 is 0 Å². The van der Waals surface area contributed by atoms with E-state index in [0.29, 0.717) is 12.1 Å². The van der Waals surface area contributed by atoms with Crippen molar-refractivity contribution in [3.05, 3.63) is 0 Å². The minimum absolute atomic E-state index is 0.113. The van der Waals surface area contributed by atoms with Crippen molar-refractivity contribution in [2.24, 2.45) is 0 Å². The van der Waals surface area contributed by atoms with Crippen molar-refractivity contribution in [1.82, 2.24) is 10.2 Å². The van der Waals surface area contributed by atoms with Crippen LogP contribution in [0.3, 0.4) is 0 Å². The molecule has 96 valence electrons. The maximum absolute atomic E-state index is 12.3. The van der Waals surface area contributed by atoms with Crippen molar-refractivity contribution in [3.8, 4) is 0 Å². The van der Waals surface area contributed by atoms with Gasteiger partial charge in [-0.3, -0.25) is 4.90 Å². The molecule has 1 N–H and O–H groups in total. The molecule has 0 unspecified atom stereocenters. The summed E-state index contributed by atoms with van der Waals surface area (Å²) in [5, 5.41) is 3.63. The van der Waals surface area contributed by atoms with Crippen LogP contribution in [-0.2, 0) is 4.74 Å². The van der Waals surface area contributed by atoms with Gasteiger partial charge in [-0.05, 0) is 46.5 Å². The number of hydrogen-bond donors (Lipinski definition) is 1. The second kappa shape index (κ2) is 3.37. The van der Waals surface area contributed by atoms with Gasteiger partial charge in [0.15, 0.2) is 0 Å². The lowest BCUT2D eigenvalue weighted by Crippen LogP contribution is -2.61. The molecule has 2 saturated heterocycles. The Labute approximate surface area is 103 Å². The third-order valence-corrected chi connectivity index (χ3v) is 4.22. The Bertz CT molecular complexity index is 344. The number of carbonyl (C=O) groups excluding carboxylic acids is 1. The molecule has 2 bridgehead atoms. The summed E-state index contributed by atoms with van der Waals surface area (Å²) in [6.45, 7) is 6.74. The second-order valence-electron chi connectivity index (χ2n) is 6.67. The number of nitrogens with one attached hydrogen (secondary N) is 1. The third-order valence-electron chi connectivity index (χ3n) is 4.22. The molecular formula is C13H22N2O2. The molecule has 0 aromatic heterocycles. The van der Waals surface area contributed by atoms with Crippen LogP contribution in [0.2, 0.25) is 0 Å². The largest absolute Gasteiger partial charge is 0.444 e. The van der Waals surface area contributed by atoms with E-state index < -0.39 is 5.60 Å². The lowest BCUT2D eigenvalue weighted by atomic mass is 10.0. The maximum atomic E-state index is 12.3. The summed E-state index contributed by atoms with van der Waals surface area (Å²) in [6.07, 6.45) is 4.57. The standard InChI is InChI=1S/C13H22N2O2/c1-12(2,3)17-11(16)15-9-4-5-10(15)13(6-7-13)14-8-9/h9-10,14H,4-8H2,1-3H3/t9-,10+/m1/s1. The van der Waals surface area contributed by atoms with Crippen LogP contribution >= 0.6 is 0 Å². The van der Waals surface area contributed by atoms with Gasteiger partial charge in [0.05, 0.1) is 6.04 Å². The fourth-order valence-electron chi connectivity index (χ4n) is 3.30. The highest BCUT2D eigenvalue weighted by molar-refractivity contribution is 5.70. The number of fused-ring (bicyclic) bond motifs is 3.